The van der Waals surface area contributed by atoms with Gasteiger partial charge in [-0.1, -0.05) is 0 Å². The maximum absolute atomic E-state index is 6.07. The third-order valence-electron chi connectivity index (χ3n) is 4.70. The molecule has 0 aliphatic carbocycles. The van der Waals surface area contributed by atoms with Gasteiger partial charge in [0.2, 0.25) is 0 Å². The van der Waals surface area contributed by atoms with Crippen LogP contribution in [0.25, 0.3) is 0 Å². The molecule has 0 aromatic rings. The second-order valence-corrected chi connectivity index (χ2v) is 5.71. The van der Waals surface area contributed by atoms with Crippen LogP contribution in [0.5, 0.6) is 0 Å². The van der Waals surface area contributed by atoms with Gasteiger partial charge in [-0.2, -0.15) is 0 Å². The summed E-state index contributed by atoms with van der Waals surface area (Å²) in [5.74, 6) is 0. The van der Waals surface area contributed by atoms with Crippen molar-refractivity contribution < 1.29 is 4.74 Å². The molecular weight excluding hydrogens is 214 g/mol. The average molecular weight is 241 g/mol. The predicted octanol–water partition coefficient (Wildman–Crippen LogP) is 0.520. The van der Waals surface area contributed by atoms with E-state index < -0.39 is 0 Å². The second kappa shape index (κ2) is 5.65. The lowest BCUT2D eigenvalue weighted by molar-refractivity contribution is -0.0418. The van der Waals surface area contributed by atoms with Gasteiger partial charge >= 0.3 is 0 Å². The highest BCUT2D eigenvalue weighted by molar-refractivity contribution is 4.96. The quantitative estimate of drug-likeness (QED) is 0.782. The second-order valence-electron chi connectivity index (χ2n) is 5.71. The first-order valence-corrected chi connectivity index (χ1v) is 6.87. The van der Waals surface area contributed by atoms with Gasteiger partial charge in [0.15, 0.2) is 0 Å². The van der Waals surface area contributed by atoms with Crippen LogP contribution in [0.4, 0.5) is 0 Å². The van der Waals surface area contributed by atoms with Crippen molar-refractivity contribution in [2.75, 3.05) is 46.9 Å². The third-order valence-corrected chi connectivity index (χ3v) is 4.70. The smallest absolute Gasteiger partial charge is 0.0484 e. The highest BCUT2D eigenvalue weighted by Crippen LogP contribution is 2.30. The molecule has 0 saturated carbocycles. The highest BCUT2D eigenvalue weighted by Gasteiger charge is 2.39. The molecule has 2 saturated heterocycles. The van der Waals surface area contributed by atoms with E-state index in [9.17, 15) is 0 Å². The molecule has 0 aromatic heterocycles. The van der Waals surface area contributed by atoms with Crippen molar-refractivity contribution in [3.8, 4) is 0 Å². The molecule has 2 aliphatic heterocycles. The Labute approximate surface area is 105 Å². The van der Waals surface area contributed by atoms with Crippen molar-refractivity contribution in [3.63, 3.8) is 0 Å². The fourth-order valence-corrected chi connectivity index (χ4v) is 3.29. The number of ether oxygens (including phenoxy) is 1. The molecule has 0 amide bonds. The van der Waals surface area contributed by atoms with Crippen molar-refractivity contribution in [1.29, 1.82) is 0 Å². The summed E-state index contributed by atoms with van der Waals surface area (Å²) in [4.78, 5) is 5.00. The van der Waals surface area contributed by atoms with Gasteiger partial charge in [-0.05, 0) is 46.3 Å². The van der Waals surface area contributed by atoms with Gasteiger partial charge in [0, 0.05) is 37.9 Å². The Morgan fingerprint density at radius 2 is 2.12 bits per heavy atom. The minimum Gasteiger partial charge on any atom is -0.381 e. The number of rotatable bonds is 3. The molecule has 0 aromatic carbocycles. The summed E-state index contributed by atoms with van der Waals surface area (Å²) in [6.45, 7) is 4.91. The molecule has 0 bridgehead atoms. The lowest BCUT2D eigenvalue weighted by atomic mass is 9.86. The van der Waals surface area contributed by atoms with Gasteiger partial charge in [0.05, 0.1) is 0 Å². The molecule has 0 spiro atoms. The maximum Gasteiger partial charge on any atom is 0.0484 e. The van der Waals surface area contributed by atoms with E-state index in [-0.39, 0.29) is 5.54 Å². The number of piperidine rings is 1. The summed E-state index contributed by atoms with van der Waals surface area (Å²) in [5.41, 5.74) is 6.25. The molecule has 4 heteroatoms. The fraction of sp³-hybridized carbons (Fsp3) is 1.00. The number of nitrogens with zero attached hydrogens (tertiary/aromatic N) is 2. The molecular formula is C13H27N3O. The summed E-state index contributed by atoms with van der Waals surface area (Å²) in [5, 5.41) is 0. The van der Waals surface area contributed by atoms with Gasteiger partial charge in [0.1, 0.15) is 0 Å². The zero-order chi connectivity index (χ0) is 12.3. The van der Waals surface area contributed by atoms with Crippen LogP contribution in [-0.4, -0.2) is 68.3 Å². The van der Waals surface area contributed by atoms with Crippen LogP contribution in [0.15, 0.2) is 0 Å². The summed E-state index contributed by atoms with van der Waals surface area (Å²) in [6, 6.07) is 0.662. The van der Waals surface area contributed by atoms with Gasteiger partial charge in [-0.25, -0.2) is 0 Å². The molecule has 2 heterocycles. The first-order chi connectivity index (χ1) is 8.18. The van der Waals surface area contributed by atoms with Crippen molar-refractivity contribution in [3.05, 3.63) is 0 Å². The average Bonchev–Trinajstić information content (AvgIpc) is 2.38. The Morgan fingerprint density at radius 1 is 1.41 bits per heavy atom. The molecule has 4 nitrogen and oxygen atoms in total. The van der Waals surface area contributed by atoms with Crippen molar-refractivity contribution in [2.24, 2.45) is 5.73 Å². The van der Waals surface area contributed by atoms with Crippen molar-refractivity contribution >= 4 is 0 Å². The SMILES string of the molecule is CN1CCCC(N(C)C2(CN)CCOCC2)C1. The Bertz CT molecular complexity index is 241. The first kappa shape index (κ1) is 13.3. The lowest BCUT2D eigenvalue weighted by Crippen LogP contribution is -2.61. The number of likely N-dealkylation sites (N-methyl/N-ethyl adjacent to an activating group) is 2. The Balaban J connectivity index is 2.02. The minimum atomic E-state index is 0.182. The van der Waals surface area contributed by atoms with Crippen LogP contribution in [0.3, 0.4) is 0 Å². The summed E-state index contributed by atoms with van der Waals surface area (Å²) in [7, 11) is 4.49. The van der Waals surface area contributed by atoms with Gasteiger partial charge < -0.3 is 15.4 Å². The van der Waals surface area contributed by atoms with Gasteiger partial charge in [-0.3, -0.25) is 4.90 Å². The molecule has 2 fully saturated rings. The third kappa shape index (κ3) is 2.81. The minimum absolute atomic E-state index is 0.182. The summed E-state index contributed by atoms with van der Waals surface area (Å²) in [6.07, 6.45) is 4.78. The fourth-order valence-electron chi connectivity index (χ4n) is 3.29. The van der Waals surface area contributed by atoms with Crippen LogP contribution >= 0.6 is 0 Å². The topological polar surface area (TPSA) is 41.7 Å². The van der Waals surface area contributed by atoms with E-state index in [1.165, 1.54) is 25.9 Å². The molecule has 1 unspecified atom stereocenters. The van der Waals surface area contributed by atoms with Crippen LogP contribution < -0.4 is 5.73 Å². The molecule has 2 aliphatic rings. The summed E-state index contributed by atoms with van der Waals surface area (Å²) >= 11 is 0. The number of nitrogens with two attached hydrogens (primary N) is 1. The van der Waals surface area contributed by atoms with Crippen molar-refractivity contribution in [1.82, 2.24) is 9.80 Å². The standard InChI is InChI=1S/C13H27N3O/c1-15-7-3-4-12(10-15)16(2)13(11-14)5-8-17-9-6-13/h12H,3-11,14H2,1-2H3. The van der Waals surface area contributed by atoms with E-state index >= 15 is 0 Å². The molecule has 17 heavy (non-hydrogen) atoms. The number of hydrogen-bond acceptors (Lipinski definition) is 4. The number of hydrogen-bond donors (Lipinski definition) is 1. The van der Waals surface area contributed by atoms with E-state index in [0.717, 1.165) is 32.6 Å². The zero-order valence-corrected chi connectivity index (χ0v) is 11.3. The van der Waals surface area contributed by atoms with Crippen LogP contribution in [-0.2, 0) is 4.74 Å². The van der Waals surface area contributed by atoms with Crippen LogP contribution in [0, 0.1) is 0 Å². The van der Waals surface area contributed by atoms with Crippen LogP contribution in [0.1, 0.15) is 25.7 Å². The molecule has 1 atom stereocenters. The zero-order valence-electron chi connectivity index (χ0n) is 11.3. The summed E-state index contributed by atoms with van der Waals surface area (Å²) < 4.78 is 5.49. The van der Waals surface area contributed by atoms with E-state index in [2.05, 4.69) is 23.9 Å². The normalized spacial score (nSPS) is 30.7. The molecule has 2 rings (SSSR count). The maximum atomic E-state index is 6.07. The Morgan fingerprint density at radius 3 is 2.71 bits per heavy atom. The molecule has 2 N–H and O–H groups in total. The van der Waals surface area contributed by atoms with Gasteiger partial charge in [0.25, 0.3) is 0 Å². The number of likely N-dealkylation sites (tertiary alicyclic amines) is 1. The first-order valence-electron chi connectivity index (χ1n) is 6.87. The van der Waals surface area contributed by atoms with Crippen LogP contribution in [0.2, 0.25) is 0 Å². The van der Waals surface area contributed by atoms with Gasteiger partial charge in [-0.15, -0.1) is 0 Å². The monoisotopic (exact) mass is 241 g/mol. The van der Waals surface area contributed by atoms with E-state index in [1.54, 1.807) is 0 Å². The largest absolute Gasteiger partial charge is 0.381 e. The molecule has 0 radical (unpaired) electrons. The predicted molar refractivity (Wildman–Crippen MR) is 70.1 cm³/mol. The Kier molecular flexibility index (Phi) is 4.42. The van der Waals surface area contributed by atoms with E-state index in [1.807, 2.05) is 0 Å². The molecule has 100 valence electrons. The lowest BCUT2D eigenvalue weighted by Gasteiger charge is -2.49. The van der Waals surface area contributed by atoms with E-state index in [4.69, 9.17) is 10.5 Å². The van der Waals surface area contributed by atoms with Crippen molar-refractivity contribution in [2.45, 2.75) is 37.3 Å². The highest BCUT2D eigenvalue weighted by atomic mass is 16.5. The Hall–Kier alpha value is -0.160. The van der Waals surface area contributed by atoms with E-state index in [0.29, 0.717) is 6.04 Å².